The minimum atomic E-state index is -0.0104. The number of fused-ring (bicyclic) bond motifs is 1. The Morgan fingerprint density at radius 2 is 1.77 bits per heavy atom. The molecule has 2 unspecified atom stereocenters. The second kappa shape index (κ2) is 3.48. The number of Topliss-reactive ketones (excluding diaryl/α,β-unsaturated/α-hetero) is 1. The monoisotopic (exact) mass is 181 g/mol. The Balaban J connectivity index is 2.18. The molecule has 2 atom stereocenters. The largest absolute Gasteiger partial charge is 0.355 e. The molecule has 2 rings (SSSR count). The van der Waals surface area contributed by atoms with Crippen molar-refractivity contribution in [2.24, 2.45) is 11.8 Å². The number of ketones is 1. The first-order valence-electron chi connectivity index (χ1n) is 5.09. The van der Waals surface area contributed by atoms with E-state index in [0.29, 0.717) is 18.7 Å². The van der Waals surface area contributed by atoms with Gasteiger partial charge >= 0.3 is 0 Å². The lowest BCUT2D eigenvalue weighted by Gasteiger charge is -2.26. The van der Waals surface area contributed by atoms with E-state index in [4.69, 9.17) is 0 Å². The van der Waals surface area contributed by atoms with Crippen LogP contribution in [-0.2, 0) is 9.59 Å². The molecule has 1 saturated carbocycles. The highest BCUT2D eigenvalue weighted by Crippen LogP contribution is 2.32. The van der Waals surface area contributed by atoms with Crippen molar-refractivity contribution in [1.29, 1.82) is 0 Å². The van der Waals surface area contributed by atoms with Crippen LogP contribution >= 0.6 is 0 Å². The normalized spacial score (nSPS) is 34.8. The van der Waals surface area contributed by atoms with E-state index >= 15 is 0 Å². The fourth-order valence-corrected chi connectivity index (χ4v) is 2.46. The highest BCUT2D eigenvalue weighted by Gasteiger charge is 2.36. The summed E-state index contributed by atoms with van der Waals surface area (Å²) in [5.41, 5.74) is 0. The molecule has 0 aromatic heterocycles. The molecule has 2 fully saturated rings. The zero-order valence-corrected chi connectivity index (χ0v) is 7.71. The van der Waals surface area contributed by atoms with Gasteiger partial charge in [0.15, 0.2) is 0 Å². The van der Waals surface area contributed by atoms with Crippen LogP contribution in [0.25, 0.3) is 0 Å². The first-order chi connectivity index (χ1) is 6.29. The van der Waals surface area contributed by atoms with Crippen LogP contribution in [0.15, 0.2) is 0 Å². The molecule has 13 heavy (non-hydrogen) atoms. The highest BCUT2D eigenvalue weighted by atomic mass is 16.2. The third-order valence-electron chi connectivity index (χ3n) is 3.19. The van der Waals surface area contributed by atoms with Crippen molar-refractivity contribution in [2.75, 3.05) is 6.54 Å². The molecule has 0 spiro atoms. The van der Waals surface area contributed by atoms with Crippen molar-refractivity contribution in [1.82, 2.24) is 5.32 Å². The van der Waals surface area contributed by atoms with E-state index < -0.39 is 0 Å². The molecule has 1 aliphatic heterocycles. The lowest BCUT2D eigenvalue weighted by Crippen LogP contribution is -2.35. The van der Waals surface area contributed by atoms with E-state index in [1.54, 1.807) is 0 Å². The number of hydrogen-bond donors (Lipinski definition) is 1. The number of rotatable bonds is 0. The van der Waals surface area contributed by atoms with Crippen LogP contribution in [0.4, 0.5) is 0 Å². The van der Waals surface area contributed by atoms with Crippen LogP contribution in [-0.4, -0.2) is 18.2 Å². The van der Waals surface area contributed by atoms with Crippen molar-refractivity contribution in [3.05, 3.63) is 0 Å². The maximum absolute atomic E-state index is 11.6. The molecule has 0 aromatic rings. The molecule has 0 radical (unpaired) electrons. The van der Waals surface area contributed by atoms with Crippen LogP contribution in [0.5, 0.6) is 0 Å². The van der Waals surface area contributed by atoms with Gasteiger partial charge in [0.25, 0.3) is 0 Å². The number of amides is 1. The van der Waals surface area contributed by atoms with Crippen LogP contribution in [0.2, 0.25) is 0 Å². The SMILES string of the molecule is O=C1CCNC(=O)C2CCCCC12. The Morgan fingerprint density at radius 1 is 1.08 bits per heavy atom. The maximum atomic E-state index is 11.6. The standard InChI is InChI=1S/C10H15NO2/c12-9-5-6-11-10(13)8-4-2-1-3-7(8)9/h7-8H,1-6H2,(H,11,13). The van der Waals surface area contributed by atoms with Crippen LogP contribution in [0, 0.1) is 11.8 Å². The summed E-state index contributed by atoms with van der Waals surface area (Å²) in [7, 11) is 0. The van der Waals surface area contributed by atoms with Gasteiger partial charge in [-0.25, -0.2) is 0 Å². The number of nitrogens with one attached hydrogen (secondary N) is 1. The fourth-order valence-electron chi connectivity index (χ4n) is 2.46. The predicted molar refractivity (Wildman–Crippen MR) is 48.1 cm³/mol. The second-order valence-electron chi connectivity index (χ2n) is 4.00. The Morgan fingerprint density at radius 3 is 2.54 bits per heavy atom. The maximum Gasteiger partial charge on any atom is 0.223 e. The number of hydrogen-bond acceptors (Lipinski definition) is 2. The van der Waals surface area contributed by atoms with E-state index in [9.17, 15) is 9.59 Å². The average Bonchev–Trinajstić information content (AvgIpc) is 2.29. The molecule has 0 aromatic carbocycles. The molecule has 1 aliphatic carbocycles. The Hall–Kier alpha value is -0.860. The van der Waals surface area contributed by atoms with Crippen LogP contribution < -0.4 is 5.32 Å². The Labute approximate surface area is 77.9 Å². The average molecular weight is 181 g/mol. The van der Waals surface area contributed by atoms with Gasteiger partial charge < -0.3 is 5.32 Å². The van der Waals surface area contributed by atoms with Crippen LogP contribution in [0.3, 0.4) is 0 Å². The third-order valence-corrected chi connectivity index (χ3v) is 3.19. The molecule has 2 aliphatic rings. The van der Waals surface area contributed by atoms with Crippen molar-refractivity contribution < 1.29 is 9.59 Å². The van der Waals surface area contributed by atoms with Gasteiger partial charge in [-0.2, -0.15) is 0 Å². The molecule has 0 bridgehead atoms. The van der Waals surface area contributed by atoms with Gasteiger partial charge in [0.2, 0.25) is 5.91 Å². The van der Waals surface area contributed by atoms with E-state index in [-0.39, 0.29) is 17.7 Å². The molecule has 1 saturated heterocycles. The lowest BCUT2D eigenvalue weighted by atomic mass is 9.76. The van der Waals surface area contributed by atoms with Gasteiger partial charge in [-0.1, -0.05) is 12.8 Å². The fraction of sp³-hybridized carbons (Fsp3) is 0.800. The minimum Gasteiger partial charge on any atom is -0.355 e. The zero-order valence-electron chi connectivity index (χ0n) is 7.71. The first-order valence-corrected chi connectivity index (χ1v) is 5.09. The van der Waals surface area contributed by atoms with Gasteiger partial charge in [0.05, 0.1) is 0 Å². The molecule has 1 heterocycles. The van der Waals surface area contributed by atoms with E-state index in [2.05, 4.69) is 5.32 Å². The zero-order chi connectivity index (χ0) is 9.26. The summed E-state index contributed by atoms with van der Waals surface area (Å²) >= 11 is 0. The van der Waals surface area contributed by atoms with Gasteiger partial charge in [-0.05, 0) is 12.8 Å². The molecule has 3 heteroatoms. The number of carbonyl (C=O) groups excluding carboxylic acids is 2. The van der Waals surface area contributed by atoms with Gasteiger partial charge in [-0.3, -0.25) is 9.59 Å². The van der Waals surface area contributed by atoms with Gasteiger partial charge in [0.1, 0.15) is 5.78 Å². The summed E-state index contributed by atoms with van der Waals surface area (Å²) in [6.07, 6.45) is 4.58. The van der Waals surface area contributed by atoms with E-state index in [1.165, 1.54) is 0 Å². The van der Waals surface area contributed by atoms with E-state index in [0.717, 1.165) is 25.7 Å². The van der Waals surface area contributed by atoms with Crippen LogP contribution in [0.1, 0.15) is 32.1 Å². The Bertz CT molecular complexity index is 213. The summed E-state index contributed by atoms with van der Waals surface area (Å²) in [5, 5.41) is 2.81. The minimum absolute atomic E-state index is 0.0104. The molecule has 3 nitrogen and oxygen atoms in total. The third kappa shape index (κ3) is 1.60. The van der Waals surface area contributed by atoms with Gasteiger partial charge in [-0.15, -0.1) is 0 Å². The highest BCUT2D eigenvalue weighted by molar-refractivity contribution is 5.91. The van der Waals surface area contributed by atoms with Gasteiger partial charge in [0, 0.05) is 24.8 Å². The molecular weight excluding hydrogens is 166 g/mol. The van der Waals surface area contributed by atoms with Crippen molar-refractivity contribution in [3.63, 3.8) is 0 Å². The first kappa shape index (κ1) is 8.73. The quantitative estimate of drug-likeness (QED) is 0.603. The second-order valence-corrected chi connectivity index (χ2v) is 4.00. The van der Waals surface area contributed by atoms with Crippen molar-refractivity contribution in [2.45, 2.75) is 32.1 Å². The summed E-state index contributed by atoms with van der Waals surface area (Å²) < 4.78 is 0. The number of carbonyl (C=O) groups is 2. The molecule has 1 amide bonds. The summed E-state index contributed by atoms with van der Waals surface area (Å²) in [4.78, 5) is 23.1. The van der Waals surface area contributed by atoms with E-state index in [1.807, 2.05) is 0 Å². The Kier molecular flexibility index (Phi) is 2.34. The summed E-state index contributed by atoms with van der Waals surface area (Å²) in [6, 6.07) is 0. The lowest BCUT2D eigenvalue weighted by molar-refractivity contribution is -0.132. The predicted octanol–water partition coefficient (Wildman–Crippen LogP) is 0.882. The summed E-state index contributed by atoms with van der Waals surface area (Å²) in [6.45, 7) is 0.546. The molecule has 72 valence electrons. The molecule has 1 N–H and O–H groups in total. The van der Waals surface area contributed by atoms with Crippen molar-refractivity contribution in [3.8, 4) is 0 Å². The smallest absolute Gasteiger partial charge is 0.223 e. The molecular formula is C10H15NO2. The topological polar surface area (TPSA) is 46.2 Å². The van der Waals surface area contributed by atoms with Crippen molar-refractivity contribution >= 4 is 11.7 Å². The summed E-state index contributed by atoms with van der Waals surface area (Å²) in [5.74, 6) is 0.429.